The minimum Gasteiger partial charge on any atom is -0.504 e. The number of anilines is 1. The van der Waals surface area contributed by atoms with Crippen molar-refractivity contribution in [1.29, 1.82) is 0 Å². The molecule has 0 saturated carbocycles. The smallest absolute Gasteiger partial charge is 0.180 e. The maximum Gasteiger partial charge on any atom is 0.180 e. The number of thiazole rings is 1. The molecular formula is C11H12N2O2S. The van der Waals surface area contributed by atoms with Gasteiger partial charge in [0.15, 0.2) is 16.6 Å². The van der Waals surface area contributed by atoms with E-state index < -0.39 is 0 Å². The number of rotatable bonds is 3. The predicted molar refractivity (Wildman–Crippen MR) is 64.8 cm³/mol. The SMILES string of the molecule is CCOc1cc(-c2csc(N)n2)ccc1O. The van der Waals surface area contributed by atoms with Crippen molar-refractivity contribution >= 4 is 16.5 Å². The Bertz CT molecular complexity index is 496. The van der Waals surface area contributed by atoms with Gasteiger partial charge in [-0.2, -0.15) is 0 Å². The molecule has 1 aromatic carbocycles. The molecule has 4 nitrogen and oxygen atoms in total. The summed E-state index contributed by atoms with van der Waals surface area (Å²) in [6.07, 6.45) is 0. The third-order valence-corrected chi connectivity index (χ3v) is 2.75. The molecule has 0 amide bonds. The van der Waals surface area contributed by atoms with Crippen LogP contribution in [0.5, 0.6) is 11.5 Å². The molecule has 16 heavy (non-hydrogen) atoms. The summed E-state index contributed by atoms with van der Waals surface area (Å²) in [6, 6.07) is 5.13. The Morgan fingerprint density at radius 1 is 1.50 bits per heavy atom. The molecule has 84 valence electrons. The molecule has 0 fully saturated rings. The summed E-state index contributed by atoms with van der Waals surface area (Å²) in [7, 11) is 0. The Kier molecular flexibility index (Phi) is 2.96. The summed E-state index contributed by atoms with van der Waals surface area (Å²) in [5, 5.41) is 12.0. The minimum absolute atomic E-state index is 0.133. The van der Waals surface area contributed by atoms with Gasteiger partial charge in [0, 0.05) is 10.9 Å². The maximum absolute atomic E-state index is 9.55. The molecule has 0 atom stereocenters. The van der Waals surface area contributed by atoms with E-state index in [1.165, 1.54) is 11.3 Å². The van der Waals surface area contributed by atoms with E-state index in [0.29, 0.717) is 17.5 Å². The van der Waals surface area contributed by atoms with Gasteiger partial charge in [-0.25, -0.2) is 4.98 Å². The van der Waals surface area contributed by atoms with Gasteiger partial charge in [-0.15, -0.1) is 11.3 Å². The number of hydrogen-bond acceptors (Lipinski definition) is 5. The molecule has 0 radical (unpaired) electrons. The zero-order valence-corrected chi connectivity index (χ0v) is 9.62. The van der Waals surface area contributed by atoms with Crippen LogP contribution in [0.1, 0.15) is 6.92 Å². The fourth-order valence-corrected chi connectivity index (χ4v) is 1.94. The van der Waals surface area contributed by atoms with E-state index in [4.69, 9.17) is 10.5 Å². The van der Waals surface area contributed by atoms with Crippen molar-refractivity contribution < 1.29 is 9.84 Å². The summed E-state index contributed by atoms with van der Waals surface area (Å²) in [5.41, 5.74) is 7.25. The number of nitrogen functional groups attached to an aromatic ring is 1. The van der Waals surface area contributed by atoms with Crippen LogP contribution in [-0.4, -0.2) is 16.7 Å². The topological polar surface area (TPSA) is 68.4 Å². The van der Waals surface area contributed by atoms with Crippen LogP contribution in [0.25, 0.3) is 11.3 Å². The lowest BCUT2D eigenvalue weighted by Gasteiger charge is -2.06. The van der Waals surface area contributed by atoms with E-state index in [2.05, 4.69) is 4.98 Å². The summed E-state index contributed by atoms with van der Waals surface area (Å²) in [4.78, 5) is 4.17. The molecule has 0 spiro atoms. The first-order chi connectivity index (χ1) is 7.70. The molecule has 0 aliphatic heterocycles. The molecule has 0 aliphatic rings. The number of nitrogens with two attached hydrogens (primary N) is 1. The lowest BCUT2D eigenvalue weighted by Crippen LogP contribution is -1.92. The van der Waals surface area contributed by atoms with Gasteiger partial charge in [0.2, 0.25) is 0 Å². The van der Waals surface area contributed by atoms with Gasteiger partial charge in [0.1, 0.15) is 0 Å². The first-order valence-corrected chi connectivity index (χ1v) is 5.76. The van der Waals surface area contributed by atoms with E-state index >= 15 is 0 Å². The van der Waals surface area contributed by atoms with Crippen LogP contribution < -0.4 is 10.5 Å². The molecule has 2 rings (SSSR count). The number of benzene rings is 1. The van der Waals surface area contributed by atoms with Crippen LogP contribution in [0.2, 0.25) is 0 Å². The average Bonchev–Trinajstić information content (AvgIpc) is 2.69. The molecule has 0 saturated heterocycles. The second-order valence-electron chi connectivity index (χ2n) is 3.19. The van der Waals surface area contributed by atoms with Crippen molar-refractivity contribution in [2.24, 2.45) is 0 Å². The van der Waals surface area contributed by atoms with Crippen LogP contribution in [0.4, 0.5) is 5.13 Å². The molecule has 1 heterocycles. The Labute approximate surface area is 97.3 Å². The summed E-state index contributed by atoms with van der Waals surface area (Å²) < 4.78 is 5.30. The fourth-order valence-electron chi connectivity index (χ4n) is 1.36. The van der Waals surface area contributed by atoms with E-state index in [1.807, 2.05) is 12.3 Å². The highest BCUT2D eigenvalue weighted by molar-refractivity contribution is 7.13. The average molecular weight is 236 g/mol. The number of ether oxygens (including phenoxy) is 1. The molecule has 1 aromatic heterocycles. The summed E-state index contributed by atoms with van der Waals surface area (Å²) >= 11 is 1.39. The van der Waals surface area contributed by atoms with Crippen molar-refractivity contribution in [1.82, 2.24) is 4.98 Å². The molecular weight excluding hydrogens is 224 g/mol. The highest BCUT2D eigenvalue weighted by atomic mass is 32.1. The number of aromatic hydroxyl groups is 1. The Morgan fingerprint density at radius 2 is 2.31 bits per heavy atom. The van der Waals surface area contributed by atoms with E-state index in [1.54, 1.807) is 18.2 Å². The normalized spacial score (nSPS) is 10.3. The number of phenols is 1. The summed E-state index contributed by atoms with van der Waals surface area (Å²) in [6.45, 7) is 2.38. The number of nitrogens with zero attached hydrogens (tertiary/aromatic N) is 1. The van der Waals surface area contributed by atoms with E-state index in [0.717, 1.165) is 11.3 Å². The van der Waals surface area contributed by atoms with Crippen molar-refractivity contribution in [3.05, 3.63) is 23.6 Å². The van der Waals surface area contributed by atoms with Crippen LogP contribution >= 0.6 is 11.3 Å². The fraction of sp³-hybridized carbons (Fsp3) is 0.182. The lowest BCUT2D eigenvalue weighted by molar-refractivity contribution is 0.318. The van der Waals surface area contributed by atoms with E-state index in [-0.39, 0.29) is 5.75 Å². The van der Waals surface area contributed by atoms with Crippen molar-refractivity contribution in [3.63, 3.8) is 0 Å². The first-order valence-electron chi connectivity index (χ1n) is 4.88. The molecule has 5 heteroatoms. The van der Waals surface area contributed by atoms with Gasteiger partial charge < -0.3 is 15.6 Å². The van der Waals surface area contributed by atoms with Gasteiger partial charge in [-0.05, 0) is 25.1 Å². The zero-order valence-electron chi connectivity index (χ0n) is 8.80. The first kappa shape index (κ1) is 10.8. The Balaban J connectivity index is 2.39. The molecule has 0 bridgehead atoms. The molecule has 0 unspecified atom stereocenters. The number of hydrogen-bond donors (Lipinski definition) is 2. The third-order valence-electron chi connectivity index (χ3n) is 2.08. The predicted octanol–water partition coefficient (Wildman–Crippen LogP) is 2.50. The Hall–Kier alpha value is -1.75. The highest BCUT2D eigenvalue weighted by Crippen LogP contribution is 2.32. The number of phenolic OH excluding ortho intramolecular Hbond substituents is 1. The third kappa shape index (κ3) is 2.09. The van der Waals surface area contributed by atoms with Gasteiger partial charge >= 0.3 is 0 Å². The summed E-state index contributed by atoms with van der Waals surface area (Å²) in [5.74, 6) is 0.598. The highest BCUT2D eigenvalue weighted by Gasteiger charge is 2.07. The van der Waals surface area contributed by atoms with Crippen molar-refractivity contribution in [2.75, 3.05) is 12.3 Å². The van der Waals surface area contributed by atoms with Crippen LogP contribution in [0, 0.1) is 0 Å². The molecule has 2 aromatic rings. The van der Waals surface area contributed by atoms with Crippen LogP contribution in [0.15, 0.2) is 23.6 Å². The van der Waals surface area contributed by atoms with Crippen LogP contribution in [-0.2, 0) is 0 Å². The van der Waals surface area contributed by atoms with Gasteiger partial charge in [-0.1, -0.05) is 0 Å². The largest absolute Gasteiger partial charge is 0.504 e. The standard InChI is InChI=1S/C11H12N2O2S/c1-2-15-10-5-7(3-4-9(10)14)8-6-16-11(12)13-8/h3-6,14H,2H2,1H3,(H2,12,13). The minimum atomic E-state index is 0.133. The van der Waals surface area contributed by atoms with Crippen molar-refractivity contribution in [2.45, 2.75) is 6.92 Å². The van der Waals surface area contributed by atoms with Gasteiger partial charge in [0.05, 0.1) is 12.3 Å². The monoisotopic (exact) mass is 236 g/mol. The van der Waals surface area contributed by atoms with Gasteiger partial charge in [-0.3, -0.25) is 0 Å². The second-order valence-corrected chi connectivity index (χ2v) is 4.08. The quantitative estimate of drug-likeness (QED) is 0.859. The lowest BCUT2D eigenvalue weighted by atomic mass is 10.1. The number of aromatic nitrogens is 1. The van der Waals surface area contributed by atoms with Gasteiger partial charge in [0.25, 0.3) is 0 Å². The van der Waals surface area contributed by atoms with E-state index in [9.17, 15) is 5.11 Å². The maximum atomic E-state index is 9.55. The van der Waals surface area contributed by atoms with Crippen molar-refractivity contribution in [3.8, 4) is 22.8 Å². The Morgan fingerprint density at radius 3 is 2.94 bits per heavy atom. The van der Waals surface area contributed by atoms with Crippen LogP contribution in [0.3, 0.4) is 0 Å². The molecule has 3 N–H and O–H groups in total. The zero-order chi connectivity index (χ0) is 11.5. The second kappa shape index (κ2) is 4.40. The molecule has 0 aliphatic carbocycles.